The Hall–Kier alpha value is -2.69. The molecule has 0 saturated carbocycles. The predicted molar refractivity (Wildman–Crippen MR) is 115 cm³/mol. The van der Waals surface area contributed by atoms with Gasteiger partial charge in [0.05, 0.1) is 15.0 Å². The first-order valence-electron chi connectivity index (χ1n) is 8.09. The normalized spacial score (nSPS) is 15.2. The van der Waals surface area contributed by atoms with E-state index in [1.807, 2.05) is 0 Å². The van der Waals surface area contributed by atoms with Gasteiger partial charge in [-0.3, -0.25) is 0 Å². The van der Waals surface area contributed by atoms with Crippen molar-refractivity contribution < 1.29 is 41.4 Å². The molecule has 0 amide bonds. The van der Waals surface area contributed by atoms with Crippen molar-refractivity contribution in [3.63, 3.8) is 0 Å². The molecule has 0 fully saturated rings. The van der Waals surface area contributed by atoms with E-state index in [0.29, 0.717) is 5.30 Å². The van der Waals surface area contributed by atoms with E-state index < -0.39 is 28.2 Å². The minimum absolute atomic E-state index is 0. The van der Waals surface area contributed by atoms with Crippen molar-refractivity contribution in [2.45, 2.75) is 12.8 Å². The zero-order valence-electron chi connectivity index (χ0n) is 15.4. The third-order valence-electron chi connectivity index (χ3n) is 3.83. The highest BCUT2D eigenvalue weighted by molar-refractivity contribution is 7.73. The van der Waals surface area contributed by atoms with E-state index in [1.165, 1.54) is 36.5 Å². The van der Waals surface area contributed by atoms with Gasteiger partial charge in [-0.1, -0.05) is 18.2 Å². The quantitative estimate of drug-likeness (QED) is 0.447. The maximum Gasteiger partial charge on any atom is 0.462 e. The van der Waals surface area contributed by atoms with Crippen molar-refractivity contribution in [2.24, 2.45) is 0 Å². The lowest BCUT2D eigenvalue weighted by Crippen LogP contribution is -2.11. The molecule has 2 aliphatic rings. The van der Waals surface area contributed by atoms with Gasteiger partial charge in [-0.15, -0.1) is 0 Å². The number of allylic oxidation sites excluding steroid dienone is 6. The maximum absolute atomic E-state index is 13.5. The number of rotatable bonds is 5. The zero-order chi connectivity index (χ0) is 20.1. The molecule has 0 aliphatic heterocycles. The Kier molecular flexibility index (Phi) is 9.22. The SMILES string of the molecule is O.O.O=S(=O)=C1C=CC(OP(=O)(OC2=CCC(=S(=O)=O)C=C2)c2ccccc2)=CC1. The van der Waals surface area contributed by atoms with Crippen molar-refractivity contribution >= 4 is 43.2 Å². The topological polar surface area (TPSA) is 167 Å². The van der Waals surface area contributed by atoms with Crippen LogP contribution in [0.25, 0.3) is 0 Å². The summed E-state index contributed by atoms with van der Waals surface area (Å²) in [6.07, 6.45) is 8.80. The molecular weight excluding hydrogens is 455 g/mol. The van der Waals surface area contributed by atoms with E-state index in [2.05, 4.69) is 0 Å². The van der Waals surface area contributed by atoms with Crippen molar-refractivity contribution in [1.82, 2.24) is 0 Å². The van der Waals surface area contributed by atoms with E-state index >= 15 is 0 Å². The fourth-order valence-corrected chi connectivity index (χ4v) is 4.83. The van der Waals surface area contributed by atoms with E-state index in [1.54, 1.807) is 30.3 Å². The summed E-state index contributed by atoms with van der Waals surface area (Å²) < 4.78 is 68.9. The van der Waals surface area contributed by atoms with Gasteiger partial charge in [0, 0.05) is 12.8 Å². The van der Waals surface area contributed by atoms with Crippen LogP contribution in [0, 0.1) is 0 Å². The third kappa shape index (κ3) is 6.15. The lowest BCUT2D eigenvalue weighted by atomic mass is 10.2. The summed E-state index contributed by atoms with van der Waals surface area (Å²) in [5.74, 6) is 0.435. The molecule has 0 heterocycles. The van der Waals surface area contributed by atoms with Crippen LogP contribution in [0.15, 0.2) is 78.3 Å². The monoisotopic (exact) mass is 474 g/mol. The Morgan fingerprint density at radius 2 is 1.13 bits per heavy atom. The maximum atomic E-state index is 13.5. The van der Waals surface area contributed by atoms with Crippen LogP contribution in [-0.2, 0) is 34.2 Å². The predicted octanol–water partition coefficient (Wildman–Crippen LogP) is 0.679. The zero-order valence-corrected chi connectivity index (χ0v) is 17.9. The molecule has 0 spiro atoms. The van der Waals surface area contributed by atoms with E-state index in [-0.39, 0.29) is 45.0 Å². The Balaban J connectivity index is 0.00000225. The van der Waals surface area contributed by atoms with Gasteiger partial charge in [-0.25, -0.2) is 4.57 Å². The molecule has 3 rings (SSSR count). The van der Waals surface area contributed by atoms with Crippen molar-refractivity contribution in [3.05, 3.63) is 78.3 Å². The molecular formula is C18H19O9PS2. The summed E-state index contributed by atoms with van der Waals surface area (Å²) in [5, 5.41) is 0.308. The van der Waals surface area contributed by atoms with Crippen LogP contribution in [0.4, 0.5) is 0 Å². The molecule has 2 aliphatic carbocycles. The highest BCUT2D eigenvalue weighted by Crippen LogP contribution is 2.51. The van der Waals surface area contributed by atoms with Gasteiger partial charge in [0.1, 0.15) is 11.5 Å². The first-order valence-corrected chi connectivity index (χ1v) is 11.8. The van der Waals surface area contributed by atoms with Gasteiger partial charge >= 0.3 is 7.60 Å². The van der Waals surface area contributed by atoms with Gasteiger partial charge in [-0.05, 0) is 48.6 Å². The fraction of sp³-hybridized carbons (Fsp3) is 0.111. The molecule has 0 radical (unpaired) electrons. The average Bonchev–Trinajstić information content (AvgIpc) is 2.69. The van der Waals surface area contributed by atoms with E-state index in [0.717, 1.165) is 0 Å². The molecule has 0 bridgehead atoms. The Bertz CT molecular complexity index is 1140. The van der Waals surface area contributed by atoms with Crippen LogP contribution in [0.3, 0.4) is 0 Å². The van der Waals surface area contributed by atoms with Gasteiger partial charge < -0.3 is 20.0 Å². The Labute approximate surface area is 175 Å². The Morgan fingerprint density at radius 1 is 0.700 bits per heavy atom. The van der Waals surface area contributed by atoms with Crippen LogP contribution in [0.1, 0.15) is 12.8 Å². The highest BCUT2D eigenvalue weighted by atomic mass is 32.2. The summed E-state index contributed by atoms with van der Waals surface area (Å²) >= 11 is 0. The van der Waals surface area contributed by atoms with E-state index in [4.69, 9.17) is 9.05 Å². The third-order valence-corrected chi connectivity index (χ3v) is 7.12. The van der Waals surface area contributed by atoms with Crippen LogP contribution in [0.5, 0.6) is 0 Å². The van der Waals surface area contributed by atoms with Crippen molar-refractivity contribution in [3.8, 4) is 0 Å². The first kappa shape index (κ1) is 25.3. The number of benzene rings is 1. The van der Waals surface area contributed by atoms with Crippen LogP contribution < -0.4 is 5.30 Å². The molecule has 1 aromatic carbocycles. The molecule has 9 nitrogen and oxygen atoms in total. The molecule has 162 valence electrons. The van der Waals surface area contributed by atoms with Gasteiger partial charge in [0.2, 0.25) is 20.6 Å². The molecule has 1 aromatic rings. The lowest BCUT2D eigenvalue weighted by molar-refractivity contribution is 0.312. The second-order valence-corrected chi connectivity index (χ2v) is 9.57. The van der Waals surface area contributed by atoms with Crippen LogP contribution in [0.2, 0.25) is 0 Å². The molecule has 30 heavy (non-hydrogen) atoms. The highest BCUT2D eigenvalue weighted by Gasteiger charge is 2.32. The molecule has 0 unspecified atom stereocenters. The molecule has 0 aromatic heterocycles. The second kappa shape index (κ2) is 10.9. The number of hydrogen-bond acceptors (Lipinski definition) is 7. The summed E-state index contributed by atoms with van der Waals surface area (Å²) in [6, 6.07) is 8.31. The molecule has 4 N–H and O–H groups in total. The van der Waals surface area contributed by atoms with Crippen molar-refractivity contribution in [1.29, 1.82) is 0 Å². The summed E-state index contributed by atoms with van der Waals surface area (Å²) in [4.78, 5) is 0.379. The smallest absolute Gasteiger partial charge is 0.413 e. The van der Waals surface area contributed by atoms with E-state index in [9.17, 15) is 21.4 Å². The molecule has 12 heteroatoms. The minimum atomic E-state index is -3.86. The van der Waals surface area contributed by atoms with Crippen molar-refractivity contribution in [2.75, 3.05) is 0 Å². The molecule has 0 saturated heterocycles. The summed E-state index contributed by atoms with van der Waals surface area (Å²) in [5.41, 5.74) is 0. The first-order chi connectivity index (χ1) is 13.4. The minimum Gasteiger partial charge on any atom is -0.413 e. The largest absolute Gasteiger partial charge is 0.462 e. The van der Waals surface area contributed by atoms with Crippen LogP contribution >= 0.6 is 7.60 Å². The molecule has 0 atom stereocenters. The standard InChI is InChI=1S/C18H15O7PS2.2H2O/c19-26(16-4-2-1-3-5-16,24-14-6-10-17(11-7-14)27(20)21)25-15-8-12-18(13-9-15)28(22)23;;/h1-10,12H,11,13H2;2*1H2. The van der Waals surface area contributed by atoms with Crippen LogP contribution in [-0.4, -0.2) is 37.5 Å². The van der Waals surface area contributed by atoms with Gasteiger partial charge in [0.15, 0.2) is 0 Å². The Morgan fingerprint density at radius 3 is 1.47 bits per heavy atom. The average molecular weight is 474 g/mol. The fourth-order valence-electron chi connectivity index (χ4n) is 2.42. The summed E-state index contributed by atoms with van der Waals surface area (Å²) in [7, 11) is -8.52. The van der Waals surface area contributed by atoms with Gasteiger partial charge in [-0.2, -0.15) is 16.8 Å². The lowest BCUT2D eigenvalue weighted by Gasteiger charge is -2.22. The second-order valence-electron chi connectivity index (χ2n) is 5.71. The number of hydrogen-bond donors (Lipinski definition) is 0. The summed E-state index contributed by atoms with van der Waals surface area (Å²) in [6.45, 7) is 0. The van der Waals surface area contributed by atoms with Gasteiger partial charge in [0.25, 0.3) is 0 Å².